The largest absolute Gasteiger partial charge is 0.480 e. The summed E-state index contributed by atoms with van der Waals surface area (Å²) < 4.78 is 36.1. The number of hydrogen-bond acceptors (Lipinski definition) is 3. The van der Waals surface area contributed by atoms with E-state index in [1.807, 2.05) is 5.32 Å². The molecule has 1 aromatic heterocycles. The summed E-state index contributed by atoms with van der Waals surface area (Å²) in [5, 5.41) is 10.8. The molecular formula is C10H11F3N2O2. The third-order valence-electron chi connectivity index (χ3n) is 2.14. The number of alkyl halides is 3. The van der Waals surface area contributed by atoms with Crippen LogP contribution in [0.2, 0.25) is 0 Å². The summed E-state index contributed by atoms with van der Waals surface area (Å²) in [5.74, 6) is -1.37. The highest BCUT2D eigenvalue weighted by Gasteiger charge is 2.31. The number of aliphatic carboxylic acids is 1. The maximum Gasteiger partial charge on any atom is 0.401 e. The van der Waals surface area contributed by atoms with Crippen LogP contribution in [0.3, 0.4) is 0 Å². The van der Waals surface area contributed by atoms with E-state index in [0.29, 0.717) is 5.56 Å². The number of carbonyl (C=O) groups is 1. The quantitative estimate of drug-likeness (QED) is 0.850. The Hall–Kier alpha value is -1.63. The lowest BCUT2D eigenvalue weighted by Crippen LogP contribution is -2.36. The van der Waals surface area contributed by atoms with Gasteiger partial charge in [-0.15, -0.1) is 0 Å². The summed E-state index contributed by atoms with van der Waals surface area (Å²) in [6.07, 6.45) is -1.76. The van der Waals surface area contributed by atoms with E-state index in [0.717, 1.165) is 0 Å². The Bertz CT molecular complexity index is 407. The normalized spacial score (nSPS) is 13.4. The van der Waals surface area contributed by atoms with Gasteiger partial charge in [0.05, 0.1) is 6.54 Å². The molecule has 0 bridgehead atoms. The maximum absolute atomic E-state index is 12.0. The van der Waals surface area contributed by atoms with E-state index in [-0.39, 0.29) is 5.56 Å². The van der Waals surface area contributed by atoms with E-state index in [2.05, 4.69) is 4.98 Å². The predicted molar refractivity (Wildman–Crippen MR) is 53.4 cm³/mol. The second kappa shape index (κ2) is 5.13. The summed E-state index contributed by atoms with van der Waals surface area (Å²) in [5.41, 5.74) is 0.798. The first kappa shape index (κ1) is 13.4. The molecule has 4 nitrogen and oxygen atoms in total. The minimum absolute atomic E-state index is 0.226. The number of carboxylic acid groups (broad SMARTS) is 1. The van der Waals surface area contributed by atoms with Crippen LogP contribution in [0.25, 0.3) is 0 Å². The number of carboxylic acids is 1. The summed E-state index contributed by atoms with van der Waals surface area (Å²) in [6, 6.07) is 0.130. The van der Waals surface area contributed by atoms with Crippen molar-refractivity contribution in [3.63, 3.8) is 0 Å². The van der Waals surface area contributed by atoms with Gasteiger partial charge in [-0.05, 0) is 18.6 Å². The first-order chi connectivity index (χ1) is 7.81. The van der Waals surface area contributed by atoms with E-state index in [1.165, 1.54) is 12.4 Å². The van der Waals surface area contributed by atoms with Gasteiger partial charge in [-0.3, -0.25) is 15.1 Å². The summed E-state index contributed by atoms with van der Waals surface area (Å²) in [6.45, 7) is 0.251. The van der Waals surface area contributed by atoms with E-state index in [4.69, 9.17) is 5.11 Å². The van der Waals surface area contributed by atoms with Crippen molar-refractivity contribution in [3.05, 3.63) is 29.6 Å². The highest BCUT2D eigenvalue weighted by molar-refractivity contribution is 5.75. The average molecular weight is 248 g/mol. The van der Waals surface area contributed by atoms with Crippen molar-refractivity contribution in [1.29, 1.82) is 0 Å². The monoisotopic (exact) mass is 248 g/mol. The highest BCUT2D eigenvalue weighted by Crippen LogP contribution is 2.19. The number of halogens is 3. The zero-order valence-corrected chi connectivity index (χ0v) is 8.95. The van der Waals surface area contributed by atoms with Crippen LogP contribution in [0.1, 0.15) is 17.2 Å². The second-order valence-electron chi connectivity index (χ2n) is 3.50. The lowest BCUT2D eigenvalue weighted by Gasteiger charge is -2.17. The third kappa shape index (κ3) is 4.03. The Kier molecular flexibility index (Phi) is 4.06. The van der Waals surface area contributed by atoms with Crippen LogP contribution in [0.4, 0.5) is 13.2 Å². The molecule has 0 amide bonds. The fourth-order valence-corrected chi connectivity index (χ4v) is 1.33. The van der Waals surface area contributed by atoms with Crippen LogP contribution >= 0.6 is 0 Å². The molecular weight excluding hydrogens is 237 g/mol. The standard InChI is InChI=1S/C10H11F3N2O2/c1-6-2-3-14-4-7(6)8(9(16)17)15-5-10(11,12)13/h2-4,8,15H,5H2,1H3,(H,16,17). The van der Waals surface area contributed by atoms with Gasteiger partial charge in [-0.1, -0.05) is 0 Å². The molecule has 0 aliphatic heterocycles. The molecule has 2 N–H and O–H groups in total. The number of aryl methyl sites for hydroxylation is 1. The van der Waals surface area contributed by atoms with Gasteiger partial charge in [-0.2, -0.15) is 13.2 Å². The fraction of sp³-hybridized carbons (Fsp3) is 0.400. The Morgan fingerprint density at radius 2 is 2.24 bits per heavy atom. The zero-order valence-electron chi connectivity index (χ0n) is 8.95. The Balaban J connectivity index is 2.88. The van der Waals surface area contributed by atoms with Crippen LogP contribution in [-0.2, 0) is 4.79 Å². The Morgan fingerprint density at radius 1 is 1.59 bits per heavy atom. The maximum atomic E-state index is 12.0. The van der Waals surface area contributed by atoms with Crippen LogP contribution in [-0.4, -0.2) is 28.8 Å². The van der Waals surface area contributed by atoms with Crippen LogP contribution in [0.5, 0.6) is 0 Å². The minimum Gasteiger partial charge on any atom is -0.480 e. The van der Waals surface area contributed by atoms with Gasteiger partial charge >= 0.3 is 12.1 Å². The number of nitrogens with zero attached hydrogens (tertiary/aromatic N) is 1. The Morgan fingerprint density at radius 3 is 2.71 bits per heavy atom. The number of nitrogens with one attached hydrogen (secondary N) is 1. The topological polar surface area (TPSA) is 62.2 Å². The van der Waals surface area contributed by atoms with E-state index in [9.17, 15) is 18.0 Å². The molecule has 0 aliphatic carbocycles. The first-order valence-electron chi connectivity index (χ1n) is 4.74. The minimum atomic E-state index is -4.45. The van der Waals surface area contributed by atoms with Crippen molar-refractivity contribution in [2.24, 2.45) is 0 Å². The number of hydrogen-bond donors (Lipinski definition) is 2. The predicted octanol–water partition coefficient (Wildman–Crippen LogP) is 1.67. The molecule has 1 aromatic rings. The van der Waals surface area contributed by atoms with Crippen molar-refractivity contribution in [2.75, 3.05) is 6.54 Å². The van der Waals surface area contributed by atoms with Gasteiger partial charge in [0, 0.05) is 18.0 Å². The molecule has 0 saturated carbocycles. The van der Waals surface area contributed by atoms with Gasteiger partial charge in [0.15, 0.2) is 0 Å². The SMILES string of the molecule is Cc1ccncc1C(NCC(F)(F)F)C(=O)O. The molecule has 0 saturated heterocycles. The smallest absolute Gasteiger partial charge is 0.401 e. The molecule has 0 spiro atoms. The fourth-order valence-electron chi connectivity index (χ4n) is 1.33. The molecule has 0 fully saturated rings. The highest BCUT2D eigenvalue weighted by atomic mass is 19.4. The molecule has 7 heteroatoms. The summed E-state index contributed by atoms with van der Waals surface area (Å²) >= 11 is 0. The van der Waals surface area contributed by atoms with Crippen LogP contribution in [0.15, 0.2) is 18.5 Å². The van der Waals surface area contributed by atoms with Gasteiger partial charge in [0.1, 0.15) is 6.04 Å². The lowest BCUT2D eigenvalue weighted by atomic mass is 10.0. The molecule has 0 radical (unpaired) electrons. The van der Waals surface area contributed by atoms with Crippen molar-refractivity contribution in [2.45, 2.75) is 19.1 Å². The first-order valence-corrected chi connectivity index (χ1v) is 4.74. The number of aromatic nitrogens is 1. The molecule has 1 heterocycles. The molecule has 0 aromatic carbocycles. The van der Waals surface area contributed by atoms with Crippen molar-refractivity contribution >= 4 is 5.97 Å². The molecule has 17 heavy (non-hydrogen) atoms. The second-order valence-corrected chi connectivity index (χ2v) is 3.50. The van der Waals surface area contributed by atoms with Crippen LogP contribution < -0.4 is 5.32 Å². The number of pyridine rings is 1. The molecule has 1 unspecified atom stereocenters. The molecule has 1 rings (SSSR count). The molecule has 0 aliphatic rings. The van der Waals surface area contributed by atoms with Crippen LogP contribution in [0, 0.1) is 6.92 Å². The van der Waals surface area contributed by atoms with E-state index >= 15 is 0 Å². The van der Waals surface area contributed by atoms with Gasteiger partial charge in [-0.25, -0.2) is 0 Å². The Labute approximate surface area is 95.5 Å². The van der Waals surface area contributed by atoms with Crippen molar-refractivity contribution in [3.8, 4) is 0 Å². The van der Waals surface area contributed by atoms with Gasteiger partial charge in [0.25, 0.3) is 0 Å². The summed E-state index contributed by atoms with van der Waals surface area (Å²) in [7, 11) is 0. The van der Waals surface area contributed by atoms with E-state index in [1.54, 1.807) is 13.0 Å². The summed E-state index contributed by atoms with van der Waals surface area (Å²) in [4.78, 5) is 14.6. The molecule has 1 atom stereocenters. The lowest BCUT2D eigenvalue weighted by molar-refractivity contribution is -0.143. The average Bonchev–Trinajstić information content (AvgIpc) is 2.18. The van der Waals surface area contributed by atoms with Crippen molar-refractivity contribution in [1.82, 2.24) is 10.3 Å². The number of rotatable bonds is 4. The molecule has 94 valence electrons. The van der Waals surface area contributed by atoms with E-state index < -0.39 is 24.7 Å². The van der Waals surface area contributed by atoms with Crippen molar-refractivity contribution < 1.29 is 23.1 Å². The van der Waals surface area contributed by atoms with Gasteiger partial charge < -0.3 is 5.11 Å². The van der Waals surface area contributed by atoms with Gasteiger partial charge in [0.2, 0.25) is 0 Å². The third-order valence-corrected chi connectivity index (χ3v) is 2.14. The zero-order chi connectivity index (χ0) is 13.1.